The first-order valence-electron chi connectivity index (χ1n) is 9.36. The second-order valence-corrected chi connectivity index (χ2v) is 6.77. The van der Waals surface area contributed by atoms with Crippen LogP contribution >= 0.6 is 0 Å². The van der Waals surface area contributed by atoms with Crippen LogP contribution in [0.25, 0.3) is 11.4 Å². The third-order valence-electron chi connectivity index (χ3n) is 4.91. The zero-order valence-electron chi connectivity index (χ0n) is 16.9. The highest BCUT2D eigenvalue weighted by atomic mass is 16.6. The largest absolute Gasteiger partial charge is 0.497 e. The molecule has 0 aliphatic rings. The smallest absolute Gasteiger partial charge is 0.269 e. The number of aryl methyl sites for hydroxylation is 1. The van der Waals surface area contributed by atoms with Gasteiger partial charge in [0.1, 0.15) is 5.75 Å². The molecule has 0 bridgehead atoms. The molecule has 2 aromatic carbocycles. The van der Waals surface area contributed by atoms with Gasteiger partial charge in [-0.3, -0.25) is 14.9 Å². The van der Waals surface area contributed by atoms with E-state index in [-0.39, 0.29) is 24.1 Å². The molecule has 30 heavy (non-hydrogen) atoms. The first-order valence-corrected chi connectivity index (χ1v) is 9.36. The molecule has 0 unspecified atom stereocenters. The Balaban J connectivity index is 1.60. The highest BCUT2D eigenvalue weighted by Gasteiger charge is 2.20. The number of aromatic nitrogens is 2. The van der Waals surface area contributed by atoms with Crippen molar-refractivity contribution in [1.82, 2.24) is 15.0 Å². The van der Waals surface area contributed by atoms with Crippen LogP contribution in [0.5, 0.6) is 5.75 Å². The fraction of sp³-hybridized carbons (Fsp3) is 0.286. The molecule has 0 saturated carbocycles. The predicted molar refractivity (Wildman–Crippen MR) is 109 cm³/mol. The van der Waals surface area contributed by atoms with Gasteiger partial charge in [-0.2, -0.15) is 4.98 Å². The van der Waals surface area contributed by atoms with Crippen LogP contribution in [0.4, 0.5) is 5.69 Å². The van der Waals surface area contributed by atoms with Gasteiger partial charge in [0.05, 0.1) is 18.1 Å². The van der Waals surface area contributed by atoms with Crippen molar-refractivity contribution < 1.29 is 19.0 Å². The Kier molecular flexibility index (Phi) is 6.41. The molecule has 1 heterocycles. The standard InChI is InChI=1S/C21H22N4O5/c1-14(16-5-4-6-17(13-16)25(27)28)24(2)20(26)12-11-19-22-21(23-30-19)15-7-9-18(29-3)10-8-15/h4-10,13-14H,11-12H2,1-3H3/t14-/m1/s1. The van der Waals surface area contributed by atoms with E-state index in [0.29, 0.717) is 23.7 Å². The number of benzene rings is 2. The van der Waals surface area contributed by atoms with E-state index in [4.69, 9.17) is 9.26 Å². The Hall–Kier alpha value is -3.75. The number of amides is 1. The van der Waals surface area contributed by atoms with Crippen molar-refractivity contribution in [2.24, 2.45) is 0 Å². The van der Waals surface area contributed by atoms with Gasteiger partial charge >= 0.3 is 0 Å². The molecule has 0 aliphatic heterocycles. The maximum atomic E-state index is 12.6. The maximum Gasteiger partial charge on any atom is 0.269 e. The first-order chi connectivity index (χ1) is 14.4. The van der Waals surface area contributed by atoms with Gasteiger partial charge in [-0.05, 0) is 36.8 Å². The molecule has 3 aromatic rings. The van der Waals surface area contributed by atoms with Gasteiger partial charge in [0.15, 0.2) is 0 Å². The summed E-state index contributed by atoms with van der Waals surface area (Å²) in [6, 6.07) is 13.2. The molecule has 0 fully saturated rings. The highest BCUT2D eigenvalue weighted by Crippen LogP contribution is 2.24. The number of hydrogen-bond acceptors (Lipinski definition) is 7. The summed E-state index contributed by atoms with van der Waals surface area (Å²) in [5.74, 6) is 1.41. The van der Waals surface area contributed by atoms with Crippen LogP contribution in [-0.2, 0) is 11.2 Å². The van der Waals surface area contributed by atoms with Crippen LogP contribution in [0, 0.1) is 10.1 Å². The van der Waals surface area contributed by atoms with Gasteiger partial charge in [0, 0.05) is 37.6 Å². The van der Waals surface area contributed by atoms with Gasteiger partial charge in [0.2, 0.25) is 17.6 Å². The van der Waals surface area contributed by atoms with E-state index in [9.17, 15) is 14.9 Å². The van der Waals surface area contributed by atoms with E-state index in [1.54, 1.807) is 43.3 Å². The average molecular weight is 410 g/mol. The predicted octanol–water partition coefficient (Wildman–Crippen LogP) is 3.81. The van der Waals surface area contributed by atoms with Crippen LogP contribution in [0.3, 0.4) is 0 Å². The summed E-state index contributed by atoms with van der Waals surface area (Å²) in [6.45, 7) is 1.82. The van der Waals surface area contributed by atoms with Crippen LogP contribution in [-0.4, -0.2) is 40.0 Å². The Labute approximate surface area is 173 Å². The number of rotatable bonds is 8. The first kappa shape index (κ1) is 21.0. The minimum atomic E-state index is -0.450. The van der Waals surface area contributed by atoms with Gasteiger partial charge < -0.3 is 14.2 Å². The lowest BCUT2D eigenvalue weighted by molar-refractivity contribution is -0.384. The van der Waals surface area contributed by atoms with Gasteiger partial charge in [-0.25, -0.2) is 0 Å². The zero-order valence-corrected chi connectivity index (χ0v) is 16.9. The molecule has 0 spiro atoms. The summed E-state index contributed by atoms with van der Waals surface area (Å²) in [5, 5.41) is 14.9. The van der Waals surface area contributed by atoms with E-state index in [0.717, 1.165) is 11.3 Å². The molecule has 3 rings (SSSR count). The number of hydrogen-bond donors (Lipinski definition) is 0. The van der Waals surface area contributed by atoms with Crippen molar-refractivity contribution >= 4 is 11.6 Å². The SMILES string of the molecule is COc1ccc(-c2noc(CCC(=O)N(C)[C@H](C)c3cccc([N+](=O)[O-])c3)n2)cc1. The van der Waals surface area contributed by atoms with Gasteiger partial charge in [0.25, 0.3) is 5.69 Å². The van der Waals surface area contributed by atoms with Gasteiger partial charge in [-0.15, -0.1) is 0 Å². The molecule has 0 aliphatic carbocycles. The molecule has 1 amide bonds. The third-order valence-corrected chi connectivity index (χ3v) is 4.91. The summed E-state index contributed by atoms with van der Waals surface area (Å²) in [7, 11) is 3.26. The third kappa shape index (κ3) is 4.80. The van der Waals surface area contributed by atoms with Gasteiger partial charge in [-0.1, -0.05) is 17.3 Å². The minimum Gasteiger partial charge on any atom is -0.497 e. The summed E-state index contributed by atoms with van der Waals surface area (Å²) >= 11 is 0. The highest BCUT2D eigenvalue weighted by molar-refractivity contribution is 5.76. The normalized spacial score (nSPS) is 11.7. The van der Waals surface area contributed by atoms with E-state index in [2.05, 4.69) is 10.1 Å². The van der Waals surface area contributed by atoms with Crippen molar-refractivity contribution in [3.63, 3.8) is 0 Å². The second kappa shape index (κ2) is 9.17. The van der Waals surface area contributed by atoms with Crippen LogP contribution in [0.1, 0.15) is 30.8 Å². The topological polar surface area (TPSA) is 112 Å². The lowest BCUT2D eigenvalue weighted by Gasteiger charge is -2.25. The summed E-state index contributed by atoms with van der Waals surface area (Å²) in [6.07, 6.45) is 0.480. The fourth-order valence-corrected chi connectivity index (χ4v) is 2.94. The summed E-state index contributed by atoms with van der Waals surface area (Å²) < 4.78 is 10.4. The summed E-state index contributed by atoms with van der Waals surface area (Å²) in [4.78, 5) is 29.0. The number of ether oxygens (including phenoxy) is 1. The quantitative estimate of drug-likeness (QED) is 0.410. The zero-order chi connectivity index (χ0) is 21.7. The van der Waals surface area contributed by atoms with Crippen molar-refractivity contribution in [2.75, 3.05) is 14.2 Å². The number of carbonyl (C=O) groups excluding carboxylic acids is 1. The van der Waals surface area contributed by atoms with Crippen LogP contribution in [0.2, 0.25) is 0 Å². The molecule has 9 nitrogen and oxygen atoms in total. The Bertz CT molecular complexity index is 1030. The number of nitro groups is 1. The monoisotopic (exact) mass is 410 g/mol. The number of carbonyl (C=O) groups is 1. The number of nitro benzene ring substituents is 1. The Morgan fingerprint density at radius 3 is 2.67 bits per heavy atom. The molecule has 1 aromatic heterocycles. The molecule has 0 N–H and O–H groups in total. The number of methoxy groups -OCH3 is 1. The average Bonchev–Trinajstić information content (AvgIpc) is 3.25. The number of nitrogens with zero attached hydrogens (tertiary/aromatic N) is 4. The molecule has 0 saturated heterocycles. The van der Waals surface area contributed by atoms with Crippen LogP contribution in [0.15, 0.2) is 53.1 Å². The van der Waals surface area contributed by atoms with E-state index >= 15 is 0 Å². The minimum absolute atomic E-state index is 0.00267. The van der Waals surface area contributed by atoms with E-state index < -0.39 is 4.92 Å². The van der Waals surface area contributed by atoms with Crippen molar-refractivity contribution in [3.05, 3.63) is 70.1 Å². The van der Waals surface area contributed by atoms with E-state index in [1.807, 2.05) is 19.1 Å². The molecule has 156 valence electrons. The summed E-state index contributed by atoms with van der Waals surface area (Å²) in [5.41, 5.74) is 1.48. The lowest BCUT2D eigenvalue weighted by atomic mass is 10.1. The van der Waals surface area contributed by atoms with E-state index in [1.165, 1.54) is 12.1 Å². The Morgan fingerprint density at radius 2 is 2.00 bits per heavy atom. The van der Waals surface area contributed by atoms with Crippen molar-refractivity contribution in [1.29, 1.82) is 0 Å². The second-order valence-electron chi connectivity index (χ2n) is 6.77. The molecular formula is C21H22N4O5. The molecular weight excluding hydrogens is 388 g/mol. The fourth-order valence-electron chi connectivity index (χ4n) is 2.94. The van der Waals surface area contributed by atoms with Crippen molar-refractivity contribution in [3.8, 4) is 17.1 Å². The molecule has 1 atom stereocenters. The van der Waals surface area contributed by atoms with Crippen molar-refractivity contribution in [2.45, 2.75) is 25.8 Å². The molecule has 9 heteroatoms. The Morgan fingerprint density at radius 1 is 1.27 bits per heavy atom. The lowest BCUT2D eigenvalue weighted by Crippen LogP contribution is -2.29. The van der Waals surface area contributed by atoms with Crippen LogP contribution < -0.4 is 4.74 Å². The molecule has 0 radical (unpaired) electrons. The number of non-ortho nitro benzene ring substituents is 1. The maximum absolute atomic E-state index is 12.6.